The number of Topliss-reactive ketones (excluding diaryl/α,β-unsaturated/α-hetero) is 1. The van der Waals surface area contributed by atoms with Crippen LogP contribution in [0, 0.1) is 5.41 Å². The first kappa shape index (κ1) is 20.6. The summed E-state index contributed by atoms with van der Waals surface area (Å²) in [6, 6.07) is -0.352. The molecule has 0 aromatic carbocycles. The van der Waals surface area contributed by atoms with E-state index in [0.717, 1.165) is 0 Å². The molecule has 0 radical (unpaired) electrons. The van der Waals surface area contributed by atoms with Crippen molar-refractivity contribution >= 4 is 23.6 Å². The topological polar surface area (TPSA) is 141 Å². The summed E-state index contributed by atoms with van der Waals surface area (Å²) in [4.78, 5) is 47.8. The Morgan fingerprint density at radius 2 is 2.11 bits per heavy atom. The summed E-state index contributed by atoms with van der Waals surface area (Å²) >= 11 is 0. The molecular formula is C18H25N3O6. The molecule has 2 rings (SSSR count). The molecule has 1 aliphatic rings. The third-order valence-corrected chi connectivity index (χ3v) is 4.74. The summed E-state index contributed by atoms with van der Waals surface area (Å²) in [6.45, 7) is 5.16. The van der Waals surface area contributed by atoms with Crippen LogP contribution in [0.4, 0.5) is 0 Å². The van der Waals surface area contributed by atoms with Gasteiger partial charge in [0.15, 0.2) is 5.78 Å². The molecule has 4 N–H and O–H groups in total. The standard InChI is InChI=1S/C18H25N3O6/c1-4-12-14(11(22)9-27-12)20-16(24)15(18(2,3)7-13(19)23)21-6-5-10(8-21)17(25)26/h5-6,8,12,14-15H,4,7,9H2,1-3H3,(H2,19,23)(H,20,24)(H,25,26). The molecule has 1 aromatic rings. The Kier molecular flexibility index (Phi) is 6.04. The summed E-state index contributed by atoms with van der Waals surface area (Å²) < 4.78 is 6.81. The molecule has 2 heterocycles. The molecule has 0 saturated carbocycles. The highest BCUT2D eigenvalue weighted by atomic mass is 16.5. The highest BCUT2D eigenvalue weighted by molar-refractivity contribution is 5.93. The van der Waals surface area contributed by atoms with E-state index in [1.54, 1.807) is 13.8 Å². The zero-order valence-corrected chi connectivity index (χ0v) is 15.6. The van der Waals surface area contributed by atoms with Crippen LogP contribution < -0.4 is 11.1 Å². The second-order valence-corrected chi connectivity index (χ2v) is 7.40. The van der Waals surface area contributed by atoms with Gasteiger partial charge in [0, 0.05) is 24.2 Å². The fraction of sp³-hybridized carbons (Fsp3) is 0.556. The number of aromatic nitrogens is 1. The van der Waals surface area contributed by atoms with Crippen LogP contribution >= 0.6 is 0 Å². The van der Waals surface area contributed by atoms with Gasteiger partial charge in [0.2, 0.25) is 11.8 Å². The minimum absolute atomic E-state index is 0.00869. The SMILES string of the molecule is CCC1OCC(=O)C1NC(=O)C(n1ccc(C(=O)O)c1)C(C)(C)CC(N)=O. The molecule has 9 heteroatoms. The Hall–Kier alpha value is -2.68. The van der Waals surface area contributed by atoms with Crippen LogP contribution in [0.3, 0.4) is 0 Å². The van der Waals surface area contributed by atoms with Crippen LogP contribution in [0.1, 0.15) is 50.0 Å². The first-order chi connectivity index (χ1) is 12.6. The van der Waals surface area contributed by atoms with Gasteiger partial charge >= 0.3 is 5.97 Å². The first-order valence-electron chi connectivity index (χ1n) is 8.70. The van der Waals surface area contributed by atoms with Crippen molar-refractivity contribution in [3.8, 4) is 0 Å². The maximum absolute atomic E-state index is 13.1. The van der Waals surface area contributed by atoms with Crippen molar-refractivity contribution in [1.29, 1.82) is 0 Å². The van der Waals surface area contributed by atoms with Gasteiger partial charge in [-0.15, -0.1) is 0 Å². The van der Waals surface area contributed by atoms with E-state index in [0.29, 0.717) is 6.42 Å². The molecule has 0 aliphatic carbocycles. The Bertz CT molecular complexity index is 754. The lowest BCUT2D eigenvalue weighted by Gasteiger charge is -2.34. The van der Waals surface area contributed by atoms with E-state index in [1.807, 2.05) is 6.92 Å². The molecular weight excluding hydrogens is 354 g/mol. The van der Waals surface area contributed by atoms with Crippen molar-refractivity contribution in [3.63, 3.8) is 0 Å². The summed E-state index contributed by atoms with van der Waals surface area (Å²) in [5.74, 6) is -2.45. The lowest BCUT2D eigenvalue weighted by molar-refractivity contribution is -0.132. The number of primary amides is 1. The Balaban J connectivity index is 2.35. The Morgan fingerprint density at radius 1 is 1.44 bits per heavy atom. The summed E-state index contributed by atoms with van der Waals surface area (Å²) in [6.07, 6.45) is 2.82. The molecule has 0 bridgehead atoms. The summed E-state index contributed by atoms with van der Waals surface area (Å²) in [7, 11) is 0. The largest absolute Gasteiger partial charge is 0.478 e. The molecule has 1 fully saturated rings. The van der Waals surface area contributed by atoms with Gasteiger partial charge in [-0.3, -0.25) is 14.4 Å². The van der Waals surface area contributed by atoms with Gasteiger partial charge in [-0.1, -0.05) is 20.8 Å². The number of carbonyl (C=O) groups excluding carboxylic acids is 3. The predicted octanol–water partition coefficient (Wildman–Crippen LogP) is 0.492. The van der Waals surface area contributed by atoms with E-state index in [1.165, 1.54) is 23.0 Å². The number of ether oxygens (including phenoxy) is 1. The molecule has 3 unspecified atom stereocenters. The van der Waals surface area contributed by atoms with Crippen molar-refractivity contribution < 1.29 is 29.0 Å². The van der Waals surface area contributed by atoms with Crippen molar-refractivity contribution in [2.75, 3.05) is 6.61 Å². The van der Waals surface area contributed by atoms with Gasteiger partial charge in [0.05, 0.1) is 11.7 Å². The minimum Gasteiger partial charge on any atom is -0.478 e. The van der Waals surface area contributed by atoms with Crippen molar-refractivity contribution in [3.05, 3.63) is 24.0 Å². The van der Waals surface area contributed by atoms with Gasteiger partial charge < -0.3 is 25.5 Å². The lowest BCUT2D eigenvalue weighted by atomic mass is 9.80. The van der Waals surface area contributed by atoms with Gasteiger partial charge in [0.25, 0.3) is 0 Å². The lowest BCUT2D eigenvalue weighted by Crippen LogP contribution is -2.50. The zero-order valence-electron chi connectivity index (χ0n) is 15.6. The number of carboxylic acids is 1. The number of hydrogen-bond donors (Lipinski definition) is 3. The number of ketones is 1. The number of carboxylic acid groups (broad SMARTS) is 1. The molecule has 148 valence electrons. The second kappa shape index (κ2) is 7.91. The summed E-state index contributed by atoms with van der Waals surface area (Å²) in [5.41, 5.74) is 4.42. The first-order valence-corrected chi connectivity index (χ1v) is 8.70. The number of amides is 2. The van der Waals surface area contributed by atoms with Crippen molar-refractivity contribution in [2.45, 2.75) is 51.8 Å². The van der Waals surface area contributed by atoms with Crippen LogP contribution in [0.5, 0.6) is 0 Å². The van der Waals surface area contributed by atoms with Gasteiger partial charge in [0.1, 0.15) is 18.7 Å². The van der Waals surface area contributed by atoms with Gasteiger partial charge in [-0.2, -0.15) is 0 Å². The summed E-state index contributed by atoms with van der Waals surface area (Å²) in [5, 5.41) is 11.9. The molecule has 27 heavy (non-hydrogen) atoms. The number of nitrogens with zero attached hydrogens (tertiary/aromatic N) is 1. The quantitative estimate of drug-likeness (QED) is 0.600. The smallest absolute Gasteiger partial charge is 0.337 e. The number of nitrogens with two attached hydrogens (primary N) is 1. The fourth-order valence-electron chi connectivity index (χ4n) is 3.48. The highest BCUT2D eigenvalue weighted by Gasteiger charge is 2.42. The molecule has 1 aromatic heterocycles. The third-order valence-electron chi connectivity index (χ3n) is 4.74. The van der Waals surface area contributed by atoms with Gasteiger partial charge in [-0.25, -0.2) is 4.79 Å². The van der Waals surface area contributed by atoms with E-state index in [-0.39, 0.29) is 24.4 Å². The molecule has 9 nitrogen and oxygen atoms in total. The van der Waals surface area contributed by atoms with E-state index < -0.39 is 41.4 Å². The molecule has 2 amide bonds. The van der Waals surface area contributed by atoms with Crippen molar-refractivity contribution in [1.82, 2.24) is 9.88 Å². The van der Waals surface area contributed by atoms with E-state index in [2.05, 4.69) is 5.32 Å². The maximum Gasteiger partial charge on any atom is 0.337 e. The Labute approximate surface area is 156 Å². The van der Waals surface area contributed by atoms with Crippen LogP contribution in [-0.2, 0) is 19.1 Å². The number of hydrogen-bond acceptors (Lipinski definition) is 5. The van der Waals surface area contributed by atoms with Crippen LogP contribution in [-0.4, -0.2) is 52.0 Å². The molecule has 1 saturated heterocycles. The number of nitrogens with one attached hydrogen (secondary N) is 1. The normalized spacial score (nSPS) is 21.1. The maximum atomic E-state index is 13.1. The average Bonchev–Trinajstić information content (AvgIpc) is 3.14. The van der Waals surface area contributed by atoms with Crippen LogP contribution in [0.25, 0.3) is 0 Å². The zero-order chi connectivity index (χ0) is 20.4. The predicted molar refractivity (Wildman–Crippen MR) is 95.0 cm³/mol. The number of rotatable bonds is 8. The van der Waals surface area contributed by atoms with Crippen LogP contribution in [0.2, 0.25) is 0 Å². The number of carbonyl (C=O) groups is 4. The minimum atomic E-state index is -1.13. The van der Waals surface area contributed by atoms with E-state index in [9.17, 15) is 19.2 Å². The van der Waals surface area contributed by atoms with Crippen molar-refractivity contribution in [2.24, 2.45) is 11.1 Å². The molecule has 0 spiro atoms. The average molecular weight is 379 g/mol. The van der Waals surface area contributed by atoms with Crippen LogP contribution in [0.15, 0.2) is 18.5 Å². The van der Waals surface area contributed by atoms with E-state index in [4.69, 9.17) is 15.6 Å². The Morgan fingerprint density at radius 3 is 2.63 bits per heavy atom. The third kappa shape index (κ3) is 4.54. The van der Waals surface area contributed by atoms with E-state index >= 15 is 0 Å². The number of aromatic carboxylic acids is 1. The molecule has 1 aliphatic heterocycles. The highest BCUT2D eigenvalue weighted by Crippen LogP contribution is 2.35. The second-order valence-electron chi connectivity index (χ2n) is 7.40. The monoisotopic (exact) mass is 379 g/mol. The fourth-order valence-corrected chi connectivity index (χ4v) is 3.48. The van der Waals surface area contributed by atoms with Gasteiger partial charge in [-0.05, 0) is 12.5 Å². The molecule has 3 atom stereocenters.